The molecule has 2 fully saturated rings. The molecular weight excluding hydrogens is 309 g/mol. The summed E-state index contributed by atoms with van der Waals surface area (Å²) in [7, 11) is 0. The minimum atomic E-state index is -0.292. The van der Waals surface area contributed by atoms with Crippen molar-refractivity contribution in [3.8, 4) is 0 Å². The van der Waals surface area contributed by atoms with Gasteiger partial charge in [0.25, 0.3) is 0 Å². The summed E-state index contributed by atoms with van der Waals surface area (Å²) >= 11 is 12.2. The first kappa shape index (κ1) is 15.6. The Kier molecular flexibility index (Phi) is 4.77. The maximum atomic E-state index is 6.28. The van der Waals surface area contributed by atoms with Crippen LogP contribution in [0.15, 0.2) is 18.2 Å². The van der Waals surface area contributed by atoms with Crippen LogP contribution in [0.1, 0.15) is 44.2 Å². The first-order chi connectivity index (χ1) is 10.1. The number of hydrogen-bond donors (Lipinski definition) is 1. The smallest absolute Gasteiger partial charge is 0.168 e. The zero-order valence-corrected chi connectivity index (χ0v) is 13.7. The van der Waals surface area contributed by atoms with Crippen LogP contribution in [0.5, 0.6) is 0 Å². The number of benzene rings is 1. The quantitative estimate of drug-likeness (QED) is 0.895. The Hall–Kier alpha value is -0.320. The van der Waals surface area contributed by atoms with Crippen molar-refractivity contribution in [3.63, 3.8) is 0 Å². The van der Waals surface area contributed by atoms with Gasteiger partial charge in [-0.1, -0.05) is 29.3 Å². The molecule has 1 unspecified atom stereocenters. The van der Waals surface area contributed by atoms with Gasteiger partial charge in [-0.15, -0.1) is 0 Å². The van der Waals surface area contributed by atoms with E-state index in [0.29, 0.717) is 11.1 Å². The molecule has 1 saturated carbocycles. The highest BCUT2D eigenvalue weighted by atomic mass is 35.5. The van der Waals surface area contributed by atoms with Crippen LogP contribution in [0.2, 0.25) is 10.0 Å². The molecule has 1 aromatic rings. The van der Waals surface area contributed by atoms with Crippen molar-refractivity contribution in [3.05, 3.63) is 33.8 Å². The largest absolute Gasteiger partial charge is 0.348 e. The molecule has 0 bridgehead atoms. The van der Waals surface area contributed by atoms with Gasteiger partial charge in [0.1, 0.15) is 0 Å². The molecule has 0 radical (unpaired) electrons. The van der Waals surface area contributed by atoms with E-state index in [9.17, 15) is 0 Å². The van der Waals surface area contributed by atoms with Crippen molar-refractivity contribution >= 4 is 23.2 Å². The third-order valence-electron chi connectivity index (χ3n) is 4.48. The average molecular weight is 330 g/mol. The molecule has 1 aliphatic heterocycles. The summed E-state index contributed by atoms with van der Waals surface area (Å²) in [6.07, 6.45) is 4.06. The van der Waals surface area contributed by atoms with Crippen molar-refractivity contribution < 1.29 is 9.47 Å². The predicted molar refractivity (Wildman–Crippen MR) is 84.9 cm³/mol. The summed E-state index contributed by atoms with van der Waals surface area (Å²) in [4.78, 5) is 0. The summed E-state index contributed by atoms with van der Waals surface area (Å²) in [5.41, 5.74) is 1.09. The van der Waals surface area contributed by atoms with Crippen LogP contribution in [-0.2, 0) is 9.47 Å². The molecule has 0 amide bonds. The van der Waals surface area contributed by atoms with Crippen LogP contribution in [0, 0.1) is 0 Å². The van der Waals surface area contributed by atoms with Gasteiger partial charge < -0.3 is 14.8 Å². The van der Waals surface area contributed by atoms with Crippen molar-refractivity contribution in [2.45, 2.75) is 50.5 Å². The van der Waals surface area contributed by atoms with E-state index in [2.05, 4.69) is 12.2 Å². The number of hydrogen-bond acceptors (Lipinski definition) is 3. The van der Waals surface area contributed by atoms with E-state index in [1.54, 1.807) is 6.07 Å². The third-order valence-corrected chi connectivity index (χ3v) is 5.04. The van der Waals surface area contributed by atoms with Gasteiger partial charge in [0.2, 0.25) is 0 Å². The van der Waals surface area contributed by atoms with E-state index >= 15 is 0 Å². The van der Waals surface area contributed by atoms with E-state index < -0.39 is 0 Å². The molecule has 1 aliphatic carbocycles. The van der Waals surface area contributed by atoms with Gasteiger partial charge in [-0.25, -0.2) is 0 Å². The summed E-state index contributed by atoms with van der Waals surface area (Å²) in [6.45, 7) is 3.60. The highest BCUT2D eigenvalue weighted by molar-refractivity contribution is 6.35. The predicted octanol–water partition coefficient (Wildman–Crippen LogP) is 4.33. The molecule has 1 heterocycles. The van der Waals surface area contributed by atoms with Crippen molar-refractivity contribution in [1.82, 2.24) is 5.32 Å². The SMILES string of the molecule is CC(NC1CCC2(CC1)OCCO2)c1ccc(Cl)cc1Cl. The topological polar surface area (TPSA) is 30.5 Å². The average Bonchev–Trinajstić information content (AvgIpc) is 2.90. The van der Waals surface area contributed by atoms with Crippen molar-refractivity contribution in [2.24, 2.45) is 0 Å². The van der Waals surface area contributed by atoms with Crippen molar-refractivity contribution in [2.75, 3.05) is 13.2 Å². The minimum Gasteiger partial charge on any atom is -0.348 e. The highest BCUT2D eigenvalue weighted by Crippen LogP contribution is 2.36. The second-order valence-electron chi connectivity index (χ2n) is 5.94. The van der Waals surface area contributed by atoms with Gasteiger partial charge in [-0.05, 0) is 37.5 Å². The summed E-state index contributed by atoms with van der Waals surface area (Å²) < 4.78 is 11.5. The van der Waals surface area contributed by atoms with Crippen molar-refractivity contribution in [1.29, 1.82) is 0 Å². The Morgan fingerprint density at radius 2 is 1.86 bits per heavy atom. The molecule has 116 valence electrons. The molecular formula is C16H21Cl2NO2. The first-order valence-corrected chi connectivity index (χ1v) is 8.32. The number of halogens is 2. The van der Waals surface area contributed by atoms with E-state index in [1.807, 2.05) is 12.1 Å². The standard InChI is InChI=1S/C16H21Cl2NO2/c1-11(14-3-2-12(17)10-15(14)18)19-13-4-6-16(7-5-13)20-8-9-21-16/h2-3,10-11,13,19H,4-9H2,1H3. The fourth-order valence-corrected chi connectivity index (χ4v) is 3.88. The minimum absolute atomic E-state index is 0.208. The van der Waals surface area contributed by atoms with Gasteiger partial charge in [-0.2, -0.15) is 0 Å². The number of nitrogens with one attached hydrogen (secondary N) is 1. The highest BCUT2D eigenvalue weighted by Gasteiger charge is 2.40. The molecule has 1 saturated heterocycles. The second kappa shape index (κ2) is 6.43. The van der Waals surface area contributed by atoms with Gasteiger partial charge in [0.15, 0.2) is 5.79 Å². The lowest BCUT2D eigenvalue weighted by molar-refractivity contribution is -0.179. The van der Waals surface area contributed by atoms with Crippen LogP contribution in [0.25, 0.3) is 0 Å². The normalized spacial score (nSPS) is 23.6. The van der Waals surface area contributed by atoms with E-state index in [1.165, 1.54) is 0 Å². The molecule has 1 atom stereocenters. The maximum absolute atomic E-state index is 6.28. The molecule has 21 heavy (non-hydrogen) atoms. The monoisotopic (exact) mass is 329 g/mol. The Bertz CT molecular complexity index is 493. The van der Waals surface area contributed by atoms with Crippen LogP contribution >= 0.6 is 23.2 Å². The van der Waals surface area contributed by atoms with Crippen LogP contribution in [0.3, 0.4) is 0 Å². The van der Waals surface area contributed by atoms with Gasteiger partial charge in [0.05, 0.1) is 13.2 Å². The van der Waals surface area contributed by atoms with Gasteiger partial charge in [0, 0.05) is 35.0 Å². The molecule has 0 aromatic heterocycles. The number of ether oxygens (including phenoxy) is 2. The van der Waals surface area contributed by atoms with Crippen LogP contribution in [0.4, 0.5) is 0 Å². The summed E-state index contributed by atoms with van der Waals surface area (Å²) in [5, 5.41) is 5.06. The fraction of sp³-hybridized carbons (Fsp3) is 0.625. The third kappa shape index (κ3) is 3.54. The lowest BCUT2D eigenvalue weighted by Crippen LogP contribution is -2.42. The van der Waals surface area contributed by atoms with Crippen LogP contribution < -0.4 is 5.32 Å². The Balaban J connectivity index is 1.57. The maximum Gasteiger partial charge on any atom is 0.168 e. The first-order valence-electron chi connectivity index (χ1n) is 7.57. The zero-order valence-electron chi connectivity index (χ0n) is 12.2. The lowest BCUT2D eigenvalue weighted by Gasteiger charge is -2.36. The van der Waals surface area contributed by atoms with Gasteiger partial charge in [-0.3, -0.25) is 0 Å². The molecule has 3 nitrogen and oxygen atoms in total. The fourth-order valence-electron chi connectivity index (χ4n) is 3.31. The van der Waals surface area contributed by atoms with E-state index in [0.717, 1.165) is 49.5 Å². The summed E-state index contributed by atoms with van der Waals surface area (Å²) in [6, 6.07) is 6.36. The molecule has 1 spiro atoms. The Labute approximate surface area is 135 Å². The lowest BCUT2D eigenvalue weighted by atomic mass is 9.89. The van der Waals surface area contributed by atoms with E-state index in [4.69, 9.17) is 32.7 Å². The summed E-state index contributed by atoms with van der Waals surface area (Å²) in [5.74, 6) is -0.292. The Morgan fingerprint density at radius 3 is 2.48 bits per heavy atom. The second-order valence-corrected chi connectivity index (χ2v) is 6.78. The Morgan fingerprint density at radius 1 is 1.19 bits per heavy atom. The molecule has 3 rings (SSSR count). The number of rotatable bonds is 3. The van der Waals surface area contributed by atoms with E-state index in [-0.39, 0.29) is 11.8 Å². The van der Waals surface area contributed by atoms with Gasteiger partial charge >= 0.3 is 0 Å². The molecule has 1 N–H and O–H groups in total. The molecule has 5 heteroatoms. The molecule has 1 aromatic carbocycles. The van der Waals surface area contributed by atoms with Crippen LogP contribution in [-0.4, -0.2) is 25.0 Å². The zero-order chi connectivity index (χ0) is 14.9. The molecule has 2 aliphatic rings.